The van der Waals surface area contributed by atoms with E-state index in [1.165, 1.54) is 38.5 Å². The summed E-state index contributed by atoms with van der Waals surface area (Å²) in [6, 6.07) is 30.5. The van der Waals surface area contributed by atoms with Crippen LogP contribution in [0.4, 0.5) is 40.3 Å². The molecule has 6 aromatic rings. The van der Waals surface area contributed by atoms with Crippen molar-refractivity contribution in [1.29, 1.82) is 0 Å². The van der Waals surface area contributed by atoms with E-state index in [1.54, 1.807) is 78.9 Å². The van der Waals surface area contributed by atoms with E-state index in [0.29, 0.717) is 45.1 Å². The predicted octanol–water partition coefficient (Wildman–Crippen LogP) is 11.2. The van der Waals surface area contributed by atoms with Gasteiger partial charge in [-0.2, -0.15) is 0 Å². The van der Waals surface area contributed by atoms with E-state index in [4.69, 9.17) is 9.47 Å². The third kappa shape index (κ3) is 11.4. The first-order chi connectivity index (χ1) is 27.3. The number of methoxy groups -OCH3 is 2. The Hall–Kier alpha value is -6.24. The van der Waals surface area contributed by atoms with Crippen LogP contribution in [0, 0.1) is 23.3 Å². The first-order valence-electron chi connectivity index (χ1n) is 17.4. The van der Waals surface area contributed by atoms with Crippen molar-refractivity contribution >= 4 is 56.3 Å². The van der Waals surface area contributed by atoms with Gasteiger partial charge in [-0.05, 0) is 123 Å². The average Bonchev–Trinajstić information content (AvgIpc) is 3.20. The molecule has 0 unspecified atom stereocenters. The normalized spacial score (nSPS) is 10.8. The lowest BCUT2D eigenvalue weighted by atomic mass is 9.99. The molecule has 6 aromatic carbocycles. The molecule has 0 aliphatic rings. The van der Waals surface area contributed by atoms with Crippen LogP contribution in [0.2, 0.25) is 0 Å². The maximum atomic E-state index is 13.8. The fraction of sp³-hybridized carbons (Fsp3) is 0.111. The summed E-state index contributed by atoms with van der Waals surface area (Å²) < 4.78 is 65.0. The number of nitrogens with one attached hydrogen (secondary N) is 2. The predicted molar refractivity (Wildman–Crippen MR) is 220 cm³/mol. The second kappa shape index (κ2) is 19.6. The summed E-state index contributed by atoms with van der Waals surface area (Å²) in [4.78, 5) is 27.8. The number of ketones is 2. The summed E-state index contributed by atoms with van der Waals surface area (Å²) in [5.41, 5.74) is 4.19. The number of hydrogen-bond donors (Lipinski definition) is 2. The quantitative estimate of drug-likeness (QED) is 0.0886. The number of halogens is 5. The zero-order valence-corrected chi connectivity index (χ0v) is 33.0. The molecule has 0 radical (unpaired) electrons. The largest absolute Gasteiger partial charge is 0.496 e. The van der Waals surface area contributed by atoms with Gasteiger partial charge in [0.15, 0.2) is 11.6 Å². The Morgan fingerprint density at radius 2 is 1.07 bits per heavy atom. The molecule has 7 nitrogen and oxygen atoms in total. The highest BCUT2D eigenvalue weighted by atomic mass is 79.9. The molecule has 0 amide bonds. The molecular weight excluding hydrogens is 802 g/mol. The highest BCUT2D eigenvalue weighted by Gasteiger charge is 2.17. The van der Waals surface area contributed by atoms with Gasteiger partial charge < -0.3 is 25.0 Å². The van der Waals surface area contributed by atoms with Crippen molar-refractivity contribution in [1.82, 2.24) is 4.90 Å². The number of rotatable bonds is 13. The molecule has 0 atom stereocenters. The standard InChI is InChI=1S/C25H24F2N2O2.C20H14BrF2NO2/c1-29(2)14-4-5-17-6-13-24(31-3)21(15-17)25(30)18-7-10-20(11-8-18)28-23-12-9-19(26)16-22(23)27;1-26-19-9-4-13(21)10-16(19)20(25)12-2-6-15(7-3-12)24-18-8-5-14(22)11-17(18)23/h4-13,15-16,28H,14H2,1-3H3;2-11,24H,1H3/b5-4+;. The summed E-state index contributed by atoms with van der Waals surface area (Å²) in [6.45, 7) is 0.790. The van der Waals surface area contributed by atoms with Crippen LogP contribution < -0.4 is 20.1 Å². The van der Waals surface area contributed by atoms with E-state index in [9.17, 15) is 27.2 Å². The molecule has 292 valence electrons. The molecule has 0 aromatic heterocycles. The van der Waals surface area contributed by atoms with Gasteiger partial charge in [0.2, 0.25) is 0 Å². The minimum atomic E-state index is -0.691. The number of hydrogen-bond acceptors (Lipinski definition) is 7. The molecule has 0 saturated heterocycles. The molecule has 0 aliphatic heterocycles. The molecule has 2 N–H and O–H groups in total. The van der Waals surface area contributed by atoms with E-state index < -0.39 is 23.3 Å². The lowest BCUT2D eigenvalue weighted by molar-refractivity contribution is 0.102. The molecule has 0 aliphatic carbocycles. The van der Waals surface area contributed by atoms with Gasteiger partial charge in [-0.25, -0.2) is 17.6 Å². The monoisotopic (exact) mass is 839 g/mol. The first kappa shape index (κ1) is 41.9. The number of anilines is 4. The van der Waals surface area contributed by atoms with Crippen molar-refractivity contribution in [2.24, 2.45) is 0 Å². The first-order valence-corrected chi connectivity index (χ1v) is 18.2. The fourth-order valence-electron chi connectivity index (χ4n) is 5.48. The van der Waals surface area contributed by atoms with Gasteiger partial charge in [0.05, 0.1) is 36.7 Å². The second-order valence-electron chi connectivity index (χ2n) is 12.8. The lowest BCUT2D eigenvalue weighted by Gasteiger charge is -2.11. The minimum Gasteiger partial charge on any atom is -0.496 e. The number of carbonyl (C=O) groups excluding carboxylic acids is 2. The van der Waals surface area contributed by atoms with E-state index in [2.05, 4.69) is 26.6 Å². The number of ether oxygens (including phenoxy) is 2. The van der Waals surface area contributed by atoms with Crippen LogP contribution in [-0.4, -0.2) is 51.3 Å². The molecule has 0 fully saturated rings. The lowest BCUT2D eigenvalue weighted by Crippen LogP contribution is -2.10. The van der Waals surface area contributed by atoms with Crippen molar-refractivity contribution in [2.45, 2.75) is 0 Å². The summed E-state index contributed by atoms with van der Waals surface area (Å²) >= 11 is 3.35. The van der Waals surface area contributed by atoms with Crippen molar-refractivity contribution in [3.05, 3.63) is 183 Å². The van der Waals surface area contributed by atoms with Gasteiger partial charge in [-0.3, -0.25) is 9.59 Å². The maximum absolute atomic E-state index is 13.8. The van der Waals surface area contributed by atoms with Crippen LogP contribution in [0.3, 0.4) is 0 Å². The topological polar surface area (TPSA) is 79.9 Å². The van der Waals surface area contributed by atoms with Crippen LogP contribution in [-0.2, 0) is 0 Å². The molecular formula is C45H38BrF4N3O4. The highest BCUT2D eigenvalue weighted by molar-refractivity contribution is 9.10. The Labute approximate surface area is 336 Å². The van der Waals surface area contributed by atoms with Crippen LogP contribution >= 0.6 is 15.9 Å². The minimum absolute atomic E-state index is 0.152. The zero-order chi connectivity index (χ0) is 41.1. The molecule has 6 rings (SSSR count). The Bertz CT molecular complexity index is 2390. The Morgan fingerprint density at radius 3 is 1.51 bits per heavy atom. The molecule has 0 saturated carbocycles. The molecule has 57 heavy (non-hydrogen) atoms. The van der Waals surface area contributed by atoms with Gasteiger partial charge in [-0.1, -0.05) is 34.1 Å². The van der Waals surface area contributed by atoms with Gasteiger partial charge >= 0.3 is 0 Å². The van der Waals surface area contributed by atoms with Gasteiger partial charge in [0.1, 0.15) is 34.8 Å². The zero-order valence-electron chi connectivity index (χ0n) is 31.4. The molecule has 12 heteroatoms. The number of benzene rings is 6. The number of likely N-dealkylation sites (N-methyl/N-ethyl adjacent to an activating group) is 1. The smallest absolute Gasteiger partial charge is 0.196 e. The van der Waals surface area contributed by atoms with Gasteiger partial charge in [-0.15, -0.1) is 0 Å². The SMILES string of the molecule is COc1ccc(/C=C/CN(C)C)cc1C(=O)c1ccc(Nc2ccc(F)cc2F)cc1.COc1ccc(Br)cc1C(=O)c1ccc(Nc2ccc(F)cc2F)cc1. The third-order valence-corrected chi connectivity index (χ3v) is 8.86. The molecule has 0 bridgehead atoms. The maximum Gasteiger partial charge on any atom is 0.196 e. The second-order valence-corrected chi connectivity index (χ2v) is 13.7. The third-order valence-electron chi connectivity index (χ3n) is 8.37. The molecule has 0 heterocycles. The summed E-state index contributed by atoms with van der Waals surface area (Å²) in [6.07, 6.45) is 3.98. The van der Waals surface area contributed by atoms with Crippen molar-refractivity contribution in [3.63, 3.8) is 0 Å². The van der Waals surface area contributed by atoms with Gasteiger partial charge in [0, 0.05) is 45.7 Å². The summed E-state index contributed by atoms with van der Waals surface area (Å²) in [7, 11) is 6.99. The van der Waals surface area contributed by atoms with E-state index >= 15 is 0 Å². The van der Waals surface area contributed by atoms with Gasteiger partial charge in [0.25, 0.3) is 0 Å². The van der Waals surface area contributed by atoms with Crippen molar-refractivity contribution in [2.75, 3.05) is 45.5 Å². The fourth-order valence-corrected chi connectivity index (χ4v) is 5.84. The Kier molecular flexibility index (Phi) is 14.4. The van der Waals surface area contributed by atoms with E-state index in [1.807, 2.05) is 37.2 Å². The summed E-state index contributed by atoms with van der Waals surface area (Å²) in [5, 5.41) is 5.73. The van der Waals surface area contributed by atoms with Crippen LogP contribution in [0.15, 0.2) is 132 Å². The van der Waals surface area contributed by atoms with Crippen LogP contribution in [0.5, 0.6) is 11.5 Å². The van der Waals surface area contributed by atoms with E-state index in [-0.39, 0.29) is 22.9 Å². The van der Waals surface area contributed by atoms with Crippen molar-refractivity contribution in [3.8, 4) is 11.5 Å². The summed E-state index contributed by atoms with van der Waals surface area (Å²) in [5.74, 6) is -2.07. The Balaban J connectivity index is 0.000000221. The van der Waals surface area contributed by atoms with Crippen LogP contribution in [0.25, 0.3) is 6.08 Å². The Morgan fingerprint density at radius 1 is 0.614 bits per heavy atom. The molecule has 0 spiro atoms. The number of nitrogens with zero attached hydrogens (tertiary/aromatic N) is 1. The van der Waals surface area contributed by atoms with Crippen molar-refractivity contribution < 1.29 is 36.6 Å². The average molecular weight is 841 g/mol. The number of carbonyl (C=O) groups is 2. The van der Waals surface area contributed by atoms with E-state index in [0.717, 1.165) is 28.7 Å². The van der Waals surface area contributed by atoms with Crippen LogP contribution in [0.1, 0.15) is 37.4 Å². The highest BCUT2D eigenvalue weighted by Crippen LogP contribution is 2.28.